The van der Waals surface area contributed by atoms with Crippen LogP contribution in [-0.2, 0) is 19.2 Å². The third kappa shape index (κ3) is 16.8. The van der Waals surface area contributed by atoms with E-state index in [1.807, 2.05) is 60.9 Å². The first-order chi connectivity index (χ1) is 14.2. The number of carbonyl (C=O) groups is 4. The Morgan fingerprint density at radius 1 is 0.667 bits per heavy atom. The van der Waals surface area contributed by atoms with Gasteiger partial charge in [0.15, 0.2) is 12.4 Å². The molecule has 2 heterocycles. The molecule has 0 aliphatic carbocycles. The summed E-state index contributed by atoms with van der Waals surface area (Å²) in [7, 11) is 0. The Labute approximate surface area is 170 Å². The zero-order chi connectivity index (χ0) is 22.8. The highest BCUT2D eigenvalue weighted by Gasteiger charge is 1.95. The Hall–Kier alpha value is -4.60. The van der Waals surface area contributed by atoms with Crippen molar-refractivity contribution in [3.8, 4) is 0 Å². The number of H-pyrrole nitrogens is 2. The maximum Gasteiger partial charge on any atom is 0.328 e. The minimum absolute atomic E-state index is 0.384. The number of carboxylic acid groups (broad SMARTS) is 4. The van der Waals surface area contributed by atoms with Gasteiger partial charge in [0.2, 0.25) is 11.4 Å². The number of aliphatic carboxylic acids is 4. The number of aromatic nitrogens is 2. The molecule has 0 fully saturated rings. The van der Waals surface area contributed by atoms with Crippen LogP contribution in [-0.4, -0.2) is 34.1 Å². The summed E-state index contributed by atoms with van der Waals surface area (Å²) >= 11 is 0. The summed E-state index contributed by atoms with van der Waals surface area (Å²) in [4.78, 5) is 44.2. The smallest absolute Gasteiger partial charge is 0.328 e. The average Bonchev–Trinajstić information content (AvgIpc) is 2.72. The summed E-state index contributed by atoms with van der Waals surface area (Å²) in [6.07, 6.45) is 9.77. The zero-order valence-corrected chi connectivity index (χ0v) is 15.4. The van der Waals surface area contributed by atoms with Crippen LogP contribution in [0.25, 0.3) is 12.2 Å². The molecular weight excluding hydrogens is 396 g/mol. The van der Waals surface area contributed by atoms with Gasteiger partial charge in [-0.1, -0.05) is 0 Å². The molecule has 0 saturated heterocycles. The average molecular weight is 414 g/mol. The van der Waals surface area contributed by atoms with Crippen molar-refractivity contribution >= 4 is 36.0 Å². The Bertz CT molecular complexity index is 799. The highest BCUT2D eigenvalue weighted by atomic mass is 16.4. The van der Waals surface area contributed by atoms with Gasteiger partial charge < -0.3 is 30.0 Å². The molecule has 0 saturated carbocycles. The summed E-state index contributed by atoms with van der Waals surface area (Å²) in [5.74, 6) is -5.61. The molecule has 10 nitrogen and oxygen atoms in total. The van der Waals surface area contributed by atoms with Crippen molar-refractivity contribution in [2.75, 3.05) is 0 Å². The number of nitrogens with one attached hydrogen (secondary N) is 2. The van der Waals surface area contributed by atoms with Crippen LogP contribution in [0.15, 0.2) is 73.1 Å². The molecule has 0 aromatic carbocycles. The van der Waals surface area contributed by atoms with E-state index in [1.165, 1.54) is 0 Å². The van der Waals surface area contributed by atoms with Crippen molar-refractivity contribution in [2.24, 2.45) is 0 Å². The van der Waals surface area contributed by atoms with Crippen LogP contribution >= 0.6 is 0 Å². The topological polar surface area (TPSA) is 183 Å². The van der Waals surface area contributed by atoms with Crippen LogP contribution in [0.3, 0.4) is 0 Å². The van der Waals surface area contributed by atoms with Gasteiger partial charge in [0, 0.05) is 48.6 Å². The van der Waals surface area contributed by atoms with Crippen LogP contribution in [0.5, 0.6) is 0 Å². The number of carboxylic acids is 4. The van der Waals surface area contributed by atoms with Crippen molar-refractivity contribution in [3.05, 3.63) is 84.5 Å². The molecule has 4 N–H and O–H groups in total. The first kappa shape index (κ1) is 25.4. The molecule has 0 spiro atoms. The van der Waals surface area contributed by atoms with Gasteiger partial charge in [0.25, 0.3) is 0 Å². The SMILES string of the molecule is C(=C\c1cccc[nH+]1)/c1cccc[nH+]1.O=C(O)/C=C/C(=O)O.O=C([O-])/C=C/C(=O)[O-]. The van der Waals surface area contributed by atoms with Crippen LogP contribution in [0.4, 0.5) is 0 Å². The van der Waals surface area contributed by atoms with Gasteiger partial charge in [0.05, 0.1) is 11.9 Å². The molecule has 2 aromatic rings. The van der Waals surface area contributed by atoms with E-state index in [9.17, 15) is 29.4 Å². The van der Waals surface area contributed by atoms with Gasteiger partial charge in [-0.15, -0.1) is 0 Å². The highest BCUT2D eigenvalue weighted by Crippen LogP contribution is 1.97. The zero-order valence-electron chi connectivity index (χ0n) is 15.4. The largest absolute Gasteiger partial charge is 0.545 e. The minimum atomic E-state index is -1.55. The lowest BCUT2D eigenvalue weighted by Gasteiger charge is -1.90. The van der Waals surface area contributed by atoms with Gasteiger partial charge in [-0.25, -0.2) is 19.6 Å². The van der Waals surface area contributed by atoms with E-state index in [0.717, 1.165) is 11.4 Å². The molecule has 156 valence electrons. The minimum Gasteiger partial charge on any atom is -0.545 e. The number of hydrogen-bond donors (Lipinski definition) is 2. The van der Waals surface area contributed by atoms with E-state index >= 15 is 0 Å². The molecule has 0 atom stereocenters. The second-order valence-corrected chi connectivity index (χ2v) is 4.95. The molecule has 2 aromatic heterocycles. The Balaban J connectivity index is 0.000000456. The molecule has 2 rings (SSSR count). The number of aromatic amines is 2. The van der Waals surface area contributed by atoms with E-state index < -0.39 is 23.9 Å². The standard InChI is InChI=1S/C12H10N2.2C4H4O4/c1-3-9-13-11(5-1)7-8-12-6-2-4-10-14-12;2*5-3(6)1-2-4(7)8/h1-10H;2*1-2H,(H,5,6)(H,7,8)/b8-7+;2*2-1+. The molecule has 0 unspecified atom stereocenters. The first-order valence-electron chi connectivity index (χ1n) is 8.06. The molecule has 10 heteroatoms. The van der Waals surface area contributed by atoms with Crippen LogP contribution in [0.2, 0.25) is 0 Å². The van der Waals surface area contributed by atoms with Crippen molar-refractivity contribution in [1.29, 1.82) is 0 Å². The van der Waals surface area contributed by atoms with E-state index in [0.29, 0.717) is 24.3 Å². The van der Waals surface area contributed by atoms with Gasteiger partial charge in [-0.3, -0.25) is 0 Å². The maximum atomic E-state index is 9.55. The summed E-state index contributed by atoms with van der Waals surface area (Å²) in [5, 5.41) is 34.5. The fraction of sp³-hybridized carbons (Fsp3) is 0. The van der Waals surface area contributed by atoms with Gasteiger partial charge in [-0.05, 0) is 24.3 Å². The lowest BCUT2D eigenvalue weighted by molar-refractivity contribution is -0.382. The van der Waals surface area contributed by atoms with Crippen molar-refractivity contribution in [3.63, 3.8) is 0 Å². The maximum absolute atomic E-state index is 9.55. The Morgan fingerprint density at radius 3 is 1.27 bits per heavy atom. The van der Waals surface area contributed by atoms with Gasteiger partial charge >= 0.3 is 11.9 Å². The molecule has 0 amide bonds. The van der Waals surface area contributed by atoms with E-state index in [1.54, 1.807) is 0 Å². The number of hydrogen-bond acceptors (Lipinski definition) is 6. The predicted octanol–water partition coefficient (Wildman–Crippen LogP) is -1.76. The fourth-order valence-corrected chi connectivity index (χ4v) is 1.48. The predicted molar refractivity (Wildman–Crippen MR) is 98.5 cm³/mol. The summed E-state index contributed by atoms with van der Waals surface area (Å²) in [5.41, 5.74) is 2.18. The number of pyridine rings is 2. The molecule has 0 bridgehead atoms. The highest BCUT2D eigenvalue weighted by molar-refractivity contribution is 5.89. The second-order valence-electron chi connectivity index (χ2n) is 4.95. The van der Waals surface area contributed by atoms with E-state index in [2.05, 4.69) is 9.97 Å². The van der Waals surface area contributed by atoms with Crippen molar-refractivity contribution in [2.45, 2.75) is 0 Å². The lowest BCUT2D eigenvalue weighted by Crippen LogP contribution is -2.23. The number of carbonyl (C=O) groups excluding carboxylic acids is 2. The summed E-state index contributed by atoms with van der Waals surface area (Å²) in [6.45, 7) is 0. The lowest BCUT2D eigenvalue weighted by atomic mass is 10.3. The normalized spacial score (nSPS) is 10.0. The van der Waals surface area contributed by atoms with Gasteiger partial charge in [-0.2, -0.15) is 0 Å². The Kier molecular flexibility index (Phi) is 13.1. The van der Waals surface area contributed by atoms with Crippen LogP contribution < -0.4 is 20.2 Å². The molecule has 0 aliphatic rings. The van der Waals surface area contributed by atoms with Crippen LogP contribution in [0, 0.1) is 0 Å². The van der Waals surface area contributed by atoms with Crippen molar-refractivity contribution < 1.29 is 49.6 Å². The summed E-state index contributed by atoms with van der Waals surface area (Å²) in [6, 6.07) is 12.0. The quantitative estimate of drug-likeness (QED) is 0.521. The Morgan fingerprint density at radius 2 is 1.03 bits per heavy atom. The first-order valence-corrected chi connectivity index (χ1v) is 8.06. The monoisotopic (exact) mass is 414 g/mol. The van der Waals surface area contributed by atoms with Crippen LogP contribution in [0.1, 0.15) is 11.4 Å². The third-order valence-electron chi connectivity index (χ3n) is 2.63. The molecule has 0 aliphatic heterocycles. The van der Waals surface area contributed by atoms with E-state index in [4.69, 9.17) is 10.2 Å². The number of rotatable bonds is 6. The fourth-order valence-electron chi connectivity index (χ4n) is 1.48. The molecular formula is C20H18N2O8. The summed E-state index contributed by atoms with van der Waals surface area (Å²) < 4.78 is 0. The molecule has 0 radical (unpaired) electrons. The van der Waals surface area contributed by atoms with Gasteiger partial charge in [0.1, 0.15) is 0 Å². The van der Waals surface area contributed by atoms with E-state index in [-0.39, 0.29) is 0 Å². The second kappa shape index (κ2) is 15.5. The molecule has 30 heavy (non-hydrogen) atoms. The third-order valence-corrected chi connectivity index (χ3v) is 2.63. The van der Waals surface area contributed by atoms with Crippen molar-refractivity contribution in [1.82, 2.24) is 0 Å².